The first-order chi connectivity index (χ1) is 10.8. The van der Waals surface area contributed by atoms with Crippen molar-refractivity contribution in [1.29, 1.82) is 0 Å². The van der Waals surface area contributed by atoms with E-state index in [-0.39, 0.29) is 5.52 Å². The molecular formula is C11H14N3O8P. The number of ether oxygens (including phenoxy) is 1. The van der Waals surface area contributed by atoms with E-state index in [1.807, 2.05) is 0 Å². The zero-order valence-corrected chi connectivity index (χ0v) is 12.4. The molecule has 0 radical (unpaired) electrons. The van der Waals surface area contributed by atoms with E-state index in [2.05, 4.69) is 14.5 Å². The molecule has 1 fully saturated rings. The molecule has 0 saturated carbocycles. The number of aliphatic hydroxyl groups is 2. The highest BCUT2D eigenvalue weighted by molar-refractivity contribution is 7.46. The van der Waals surface area contributed by atoms with Gasteiger partial charge in [-0.05, 0) is 6.07 Å². The Kier molecular flexibility index (Phi) is 4.10. The average molecular weight is 347 g/mol. The first-order valence-electron chi connectivity index (χ1n) is 6.54. The van der Waals surface area contributed by atoms with E-state index in [0.717, 1.165) is 0 Å². The summed E-state index contributed by atoms with van der Waals surface area (Å²) in [5, 5.41) is 20.0. The van der Waals surface area contributed by atoms with Crippen LogP contribution in [0.25, 0.3) is 11.0 Å². The molecule has 3 rings (SSSR count). The second-order valence-corrected chi connectivity index (χ2v) is 6.26. The Morgan fingerprint density at radius 1 is 1.39 bits per heavy atom. The lowest BCUT2D eigenvalue weighted by molar-refractivity contribution is -0.0501. The quantitative estimate of drug-likeness (QED) is 0.411. The molecule has 11 nitrogen and oxygen atoms in total. The van der Waals surface area contributed by atoms with E-state index < -0.39 is 44.5 Å². The van der Waals surface area contributed by atoms with E-state index in [9.17, 15) is 19.6 Å². The average Bonchev–Trinajstić information content (AvgIpc) is 3.01. The molecule has 126 valence electrons. The summed E-state index contributed by atoms with van der Waals surface area (Å²) in [6.45, 7) is -0.605. The number of phosphoric acid groups is 1. The number of nitrogens with zero attached hydrogens (tertiary/aromatic N) is 2. The van der Waals surface area contributed by atoms with Crippen molar-refractivity contribution < 1.29 is 33.8 Å². The van der Waals surface area contributed by atoms with Crippen LogP contribution in [0.1, 0.15) is 6.23 Å². The second kappa shape index (κ2) is 5.80. The Labute approximate surface area is 128 Å². The van der Waals surface area contributed by atoms with Gasteiger partial charge in [0.2, 0.25) is 0 Å². The lowest BCUT2D eigenvalue weighted by Crippen LogP contribution is -2.33. The third-order valence-corrected chi connectivity index (χ3v) is 4.01. The minimum atomic E-state index is -4.73. The van der Waals surface area contributed by atoms with Crippen LogP contribution >= 0.6 is 7.82 Å². The lowest BCUT2D eigenvalue weighted by atomic mass is 10.1. The number of pyridine rings is 1. The van der Waals surface area contributed by atoms with Gasteiger partial charge in [-0.3, -0.25) is 9.32 Å². The molecule has 0 aromatic carbocycles. The van der Waals surface area contributed by atoms with Crippen molar-refractivity contribution in [3.8, 4) is 0 Å². The summed E-state index contributed by atoms with van der Waals surface area (Å²) in [6.07, 6.45) is -2.38. The summed E-state index contributed by atoms with van der Waals surface area (Å²) < 4.78 is 21.8. The number of aliphatic hydroxyl groups excluding tert-OH is 2. The van der Waals surface area contributed by atoms with Crippen LogP contribution in [0.5, 0.6) is 0 Å². The fourth-order valence-corrected chi connectivity index (χ4v) is 2.79. The molecule has 0 aliphatic carbocycles. The third-order valence-electron chi connectivity index (χ3n) is 3.52. The van der Waals surface area contributed by atoms with Crippen LogP contribution in [0.2, 0.25) is 0 Å². The summed E-state index contributed by atoms with van der Waals surface area (Å²) in [5.41, 5.74) is 0.0879. The summed E-state index contributed by atoms with van der Waals surface area (Å²) >= 11 is 0. The molecule has 2 aromatic heterocycles. The van der Waals surface area contributed by atoms with Gasteiger partial charge in [0.15, 0.2) is 11.7 Å². The van der Waals surface area contributed by atoms with Gasteiger partial charge >= 0.3 is 7.82 Å². The van der Waals surface area contributed by atoms with Gasteiger partial charge in [-0.25, -0.2) is 9.55 Å². The number of fused-ring (bicyclic) bond motifs is 1. The van der Waals surface area contributed by atoms with Gasteiger partial charge in [0.05, 0.1) is 18.5 Å². The zero-order chi connectivity index (χ0) is 16.8. The number of nitrogens with one attached hydrogen (secondary N) is 1. The third kappa shape index (κ3) is 3.08. The van der Waals surface area contributed by atoms with Crippen molar-refractivity contribution in [3.05, 3.63) is 28.9 Å². The first kappa shape index (κ1) is 16.3. The normalized spacial score (nSPS) is 28.5. The molecular weight excluding hydrogens is 333 g/mol. The smallest absolute Gasteiger partial charge is 0.387 e. The molecule has 3 heterocycles. The van der Waals surface area contributed by atoms with Gasteiger partial charge in [-0.2, -0.15) is 0 Å². The Bertz CT molecular complexity index is 813. The molecule has 2 aromatic rings. The summed E-state index contributed by atoms with van der Waals surface area (Å²) in [7, 11) is -4.73. The molecule has 0 amide bonds. The second-order valence-electron chi connectivity index (χ2n) is 5.03. The lowest BCUT2D eigenvalue weighted by Gasteiger charge is -2.17. The van der Waals surface area contributed by atoms with E-state index in [0.29, 0.717) is 5.52 Å². The number of rotatable bonds is 4. The van der Waals surface area contributed by atoms with E-state index in [4.69, 9.17) is 14.5 Å². The van der Waals surface area contributed by atoms with Crippen LogP contribution in [0.4, 0.5) is 0 Å². The van der Waals surface area contributed by atoms with Crippen molar-refractivity contribution >= 4 is 18.9 Å². The van der Waals surface area contributed by atoms with Crippen molar-refractivity contribution in [2.45, 2.75) is 24.5 Å². The summed E-state index contributed by atoms with van der Waals surface area (Å²) in [6, 6.07) is 1.55. The minimum absolute atomic E-state index is 0.132. The number of imidazole rings is 1. The Morgan fingerprint density at radius 3 is 2.83 bits per heavy atom. The topological polar surface area (TPSA) is 167 Å². The monoisotopic (exact) mass is 347 g/mol. The Morgan fingerprint density at radius 2 is 2.13 bits per heavy atom. The molecule has 4 atom stereocenters. The predicted octanol–water partition coefficient (Wildman–Crippen LogP) is -1.55. The first-order valence-corrected chi connectivity index (χ1v) is 8.07. The fourth-order valence-electron chi connectivity index (χ4n) is 2.45. The molecule has 1 aliphatic rings. The van der Waals surface area contributed by atoms with Gasteiger partial charge in [-0.15, -0.1) is 0 Å². The standard InChI is InChI=1S/C11H14N3O8P/c15-8-6(3-21-23(18,19)20)22-11(9(8)16)14-4-13-7-5(14)1-2-12-10(7)17/h1-2,4,6,8-9,11,15-16H,3H2,(H,12,17)(H2,18,19,20)/t6-,8-,9+,11-/m1/s1. The number of aromatic amines is 1. The number of phosphoric ester groups is 1. The van der Waals surface area contributed by atoms with Crippen LogP contribution in [0, 0.1) is 0 Å². The van der Waals surface area contributed by atoms with Crippen LogP contribution in [0.15, 0.2) is 23.4 Å². The highest BCUT2D eigenvalue weighted by Crippen LogP contribution is 2.38. The molecule has 0 bridgehead atoms. The van der Waals surface area contributed by atoms with E-state index in [1.54, 1.807) is 6.07 Å². The van der Waals surface area contributed by atoms with Gasteiger partial charge < -0.3 is 34.3 Å². The highest BCUT2D eigenvalue weighted by Gasteiger charge is 2.44. The number of aromatic nitrogens is 3. The highest BCUT2D eigenvalue weighted by atomic mass is 31.2. The molecule has 1 saturated heterocycles. The number of H-pyrrole nitrogens is 1. The van der Waals surface area contributed by atoms with Crippen LogP contribution in [0.3, 0.4) is 0 Å². The van der Waals surface area contributed by atoms with Gasteiger partial charge in [0.1, 0.15) is 18.3 Å². The van der Waals surface area contributed by atoms with E-state index in [1.165, 1.54) is 17.1 Å². The Hall–Kier alpha value is -1.59. The van der Waals surface area contributed by atoms with E-state index >= 15 is 0 Å². The molecule has 12 heteroatoms. The maximum absolute atomic E-state index is 11.6. The maximum Gasteiger partial charge on any atom is 0.469 e. The van der Waals surface area contributed by atoms with Crippen molar-refractivity contribution in [2.75, 3.05) is 6.61 Å². The Balaban J connectivity index is 1.87. The van der Waals surface area contributed by atoms with Gasteiger partial charge in [0, 0.05) is 6.20 Å². The number of hydrogen-bond acceptors (Lipinski definition) is 7. The van der Waals surface area contributed by atoms with Crippen LogP contribution < -0.4 is 5.56 Å². The van der Waals surface area contributed by atoms with Crippen molar-refractivity contribution in [2.24, 2.45) is 0 Å². The van der Waals surface area contributed by atoms with Crippen molar-refractivity contribution in [3.63, 3.8) is 0 Å². The minimum Gasteiger partial charge on any atom is -0.387 e. The SMILES string of the molecule is O=c1[nH]ccc2c1ncn2[C@@H]1O[C@H](COP(=O)(O)O)[C@@H](O)[C@@H]1O. The zero-order valence-electron chi connectivity index (χ0n) is 11.5. The van der Waals surface area contributed by atoms with Crippen molar-refractivity contribution in [1.82, 2.24) is 14.5 Å². The largest absolute Gasteiger partial charge is 0.469 e. The summed E-state index contributed by atoms with van der Waals surface area (Å²) in [5.74, 6) is 0. The number of hydrogen-bond donors (Lipinski definition) is 5. The van der Waals surface area contributed by atoms with Gasteiger partial charge in [-0.1, -0.05) is 0 Å². The molecule has 23 heavy (non-hydrogen) atoms. The molecule has 5 N–H and O–H groups in total. The van der Waals surface area contributed by atoms with Gasteiger partial charge in [0.25, 0.3) is 5.56 Å². The maximum atomic E-state index is 11.6. The summed E-state index contributed by atoms with van der Waals surface area (Å²) in [4.78, 5) is 35.4. The van der Waals surface area contributed by atoms with Crippen LogP contribution in [-0.2, 0) is 13.8 Å². The fraction of sp³-hybridized carbons (Fsp3) is 0.455. The van der Waals surface area contributed by atoms with Crippen LogP contribution in [-0.4, -0.2) is 59.5 Å². The molecule has 0 spiro atoms. The molecule has 0 unspecified atom stereocenters. The predicted molar refractivity (Wildman–Crippen MR) is 74.3 cm³/mol. The molecule has 1 aliphatic heterocycles.